The average molecular weight is 314 g/mol. The van der Waals surface area contributed by atoms with E-state index in [0.717, 1.165) is 37.2 Å². The zero-order valence-electron chi connectivity index (χ0n) is 14.7. The van der Waals surface area contributed by atoms with Crippen LogP contribution < -0.4 is 0 Å². The summed E-state index contributed by atoms with van der Waals surface area (Å²) in [4.78, 5) is 11.9. The van der Waals surface area contributed by atoms with Gasteiger partial charge in [-0.15, -0.1) is 0 Å². The Kier molecular flexibility index (Phi) is 2.88. The molecule has 3 unspecified atom stereocenters. The first-order chi connectivity index (χ1) is 11.0. The van der Waals surface area contributed by atoms with Crippen LogP contribution in [-0.2, 0) is 9.53 Å². The Morgan fingerprint density at radius 3 is 2.52 bits per heavy atom. The van der Waals surface area contributed by atoms with E-state index >= 15 is 0 Å². The predicted octanol–water partition coefficient (Wildman–Crippen LogP) is 4.68. The number of allylic oxidation sites excluding steroid dienone is 1. The summed E-state index contributed by atoms with van der Waals surface area (Å²) in [6.45, 7) is 6.02. The smallest absolute Gasteiger partial charge is 0.155 e. The molecule has 6 atom stereocenters. The summed E-state index contributed by atoms with van der Waals surface area (Å²) >= 11 is 0. The van der Waals surface area contributed by atoms with Gasteiger partial charge >= 0.3 is 0 Å². The van der Waals surface area contributed by atoms with E-state index in [2.05, 4.69) is 13.8 Å². The van der Waals surface area contributed by atoms with Gasteiger partial charge in [0.1, 0.15) is 0 Å². The first-order valence-electron chi connectivity index (χ1n) is 9.86. The highest BCUT2D eigenvalue weighted by atomic mass is 16.5. The van der Waals surface area contributed by atoms with Gasteiger partial charge in [0.25, 0.3) is 0 Å². The van der Waals surface area contributed by atoms with Crippen LogP contribution in [0.3, 0.4) is 0 Å². The molecular formula is C21H30O2. The van der Waals surface area contributed by atoms with Crippen molar-refractivity contribution in [3.8, 4) is 0 Å². The van der Waals surface area contributed by atoms with Crippen molar-refractivity contribution >= 4 is 5.78 Å². The fourth-order valence-electron chi connectivity index (χ4n) is 7.65. The minimum absolute atomic E-state index is 0.238. The normalized spacial score (nSPS) is 54.8. The van der Waals surface area contributed by atoms with Crippen LogP contribution in [0.2, 0.25) is 0 Å². The lowest BCUT2D eigenvalue weighted by Crippen LogP contribution is -2.59. The fourth-order valence-corrected chi connectivity index (χ4v) is 7.65. The SMILES string of the molecule is C[C@]12CCC(=O)C=C1CCC1C2CC[C@@]2(C)C1CC[C@@]21CCO1. The highest BCUT2D eigenvalue weighted by Crippen LogP contribution is 2.70. The first kappa shape index (κ1) is 14.7. The number of ketones is 1. The molecule has 0 bridgehead atoms. The second-order valence-electron chi connectivity index (χ2n) is 9.56. The third kappa shape index (κ3) is 1.67. The van der Waals surface area contributed by atoms with E-state index in [1.165, 1.54) is 50.5 Å². The maximum absolute atomic E-state index is 11.9. The van der Waals surface area contributed by atoms with E-state index in [1.54, 1.807) is 0 Å². The van der Waals surface area contributed by atoms with Gasteiger partial charge < -0.3 is 4.74 Å². The molecule has 3 saturated carbocycles. The van der Waals surface area contributed by atoms with Gasteiger partial charge in [-0.3, -0.25) is 4.79 Å². The van der Waals surface area contributed by atoms with Crippen LogP contribution in [0, 0.1) is 28.6 Å². The molecule has 0 aromatic rings. The zero-order chi connectivity index (χ0) is 15.9. The maximum atomic E-state index is 11.9. The molecule has 4 aliphatic carbocycles. The van der Waals surface area contributed by atoms with Crippen LogP contribution in [0.5, 0.6) is 0 Å². The molecule has 4 fully saturated rings. The Morgan fingerprint density at radius 2 is 1.78 bits per heavy atom. The van der Waals surface area contributed by atoms with Gasteiger partial charge in [-0.25, -0.2) is 0 Å². The Hall–Kier alpha value is -0.630. The van der Waals surface area contributed by atoms with E-state index < -0.39 is 0 Å². The van der Waals surface area contributed by atoms with E-state index in [0.29, 0.717) is 16.6 Å². The van der Waals surface area contributed by atoms with Crippen molar-refractivity contribution in [2.24, 2.45) is 28.6 Å². The second kappa shape index (κ2) is 4.50. The van der Waals surface area contributed by atoms with Crippen molar-refractivity contribution in [3.05, 3.63) is 11.6 Å². The minimum atomic E-state index is 0.238. The highest BCUT2D eigenvalue weighted by Gasteiger charge is 2.66. The zero-order valence-corrected chi connectivity index (χ0v) is 14.7. The molecule has 0 N–H and O–H groups in total. The Bertz CT molecular complexity index is 587. The van der Waals surface area contributed by atoms with Crippen molar-refractivity contribution in [2.75, 3.05) is 6.61 Å². The number of hydrogen-bond acceptors (Lipinski definition) is 2. The molecule has 0 radical (unpaired) electrons. The number of carbonyl (C=O) groups excluding carboxylic acids is 1. The first-order valence-corrected chi connectivity index (χ1v) is 9.86. The number of carbonyl (C=O) groups is 1. The van der Waals surface area contributed by atoms with Crippen molar-refractivity contribution in [2.45, 2.75) is 77.2 Å². The van der Waals surface area contributed by atoms with Crippen LogP contribution in [-0.4, -0.2) is 18.0 Å². The number of rotatable bonds is 0. The third-order valence-corrected chi connectivity index (χ3v) is 9.14. The molecule has 23 heavy (non-hydrogen) atoms. The quantitative estimate of drug-likeness (QED) is 0.649. The molecule has 2 heteroatoms. The average Bonchev–Trinajstić information content (AvgIpc) is 2.81. The standard InChI is InChI=1S/C21H30O2/c1-19-8-5-15(22)13-14(19)3-4-16-17(19)6-9-20(2)18(16)7-10-21(20)11-12-23-21/h13,16-18H,3-12H2,1-2H3/t16?,17?,18?,19-,20-,21+/m0/s1. The lowest BCUT2D eigenvalue weighted by molar-refractivity contribution is -0.226. The van der Waals surface area contributed by atoms with Gasteiger partial charge in [-0.05, 0) is 79.6 Å². The number of fused-ring (bicyclic) bond motifs is 6. The Balaban J connectivity index is 1.50. The molecule has 126 valence electrons. The predicted molar refractivity (Wildman–Crippen MR) is 90.0 cm³/mol. The minimum Gasteiger partial charge on any atom is -0.374 e. The van der Waals surface area contributed by atoms with Crippen molar-refractivity contribution in [1.29, 1.82) is 0 Å². The van der Waals surface area contributed by atoms with Crippen molar-refractivity contribution in [1.82, 2.24) is 0 Å². The second-order valence-corrected chi connectivity index (χ2v) is 9.56. The summed E-state index contributed by atoms with van der Waals surface area (Å²) in [7, 11) is 0. The lowest BCUT2D eigenvalue weighted by Gasteiger charge is -2.61. The van der Waals surface area contributed by atoms with Crippen molar-refractivity contribution in [3.63, 3.8) is 0 Å². The van der Waals surface area contributed by atoms with Gasteiger partial charge in [-0.2, -0.15) is 0 Å². The molecule has 2 nitrogen and oxygen atoms in total. The van der Waals surface area contributed by atoms with E-state index in [9.17, 15) is 4.79 Å². The molecule has 1 spiro atoms. The summed E-state index contributed by atoms with van der Waals surface area (Å²) in [6, 6.07) is 0. The van der Waals surface area contributed by atoms with Gasteiger partial charge in [-0.1, -0.05) is 19.4 Å². The van der Waals surface area contributed by atoms with Gasteiger partial charge in [0.2, 0.25) is 0 Å². The third-order valence-electron chi connectivity index (χ3n) is 9.14. The summed E-state index contributed by atoms with van der Waals surface area (Å²) in [6.07, 6.45) is 13.1. The number of hydrogen-bond donors (Lipinski definition) is 0. The topological polar surface area (TPSA) is 26.3 Å². The lowest BCUT2D eigenvalue weighted by atomic mass is 9.46. The molecule has 5 aliphatic rings. The summed E-state index contributed by atoms with van der Waals surface area (Å²) < 4.78 is 6.22. The monoisotopic (exact) mass is 314 g/mol. The van der Waals surface area contributed by atoms with Crippen LogP contribution >= 0.6 is 0 Å². The molecule has 0 amide bonds. The highest BCUT2D eigenvalue weighted by molar-refractivity contribution is 5.91. The van der Waals surface area contributed by atoms with E-state index in [1.807, 2.05) is 6.08 Å². The van der Waals surface area contributed by atoms with Crippen LogP contribution in [0.25, 0.3) is 0 Å². The van der Waals surface area contributed by atoms with Crippen molar-refractivity contribution < 1.29 is 9.53 Å². The van der Waals surface area contributed by atoms with Crippen LogP contribution in [0.15, 0.2) is 11.6 Å². The van der Waals surface area contributed by atoms with Crippen LogP contribution in [0.1, 0.15) is 71.6 Å². The molecule has 5 rings (SSSR count). The van der Waals surface area contributed by atoms with Crippen LogP contribution in [0.4, 0.5) is 0 Å². The molecule has 0 aromatic carbocycles. The Morgan fingerprint density at radius 1 is 1.00 bits per heavy atom. The number of ether oxygens (including phenoxy) is 1. The van der Waals surface area contributed by atoms with Gasteiger partial charge in [0.15, 0.2) is 5.78 Å². The molecule has 1 saturated heterocycles. The van der Waals surface area contributed by atoms with E-state index in [4.69, 9.17) is 4.74 Å². The summed E-state index contributed by atoms with van der Waals surface area (Å²) in [5.74, 6) is 2.91. The summed E-state index contributed by atoms with van der Waals surface area (Å²) in [5.41, 5.74) is 2.47. The molecule has 1 aliphatic heterocycles. The summed E-state index contributed by atoms with van der Waals surface area (Å²) in [5, 5.41) is 0. The maximum Gasteiger partial charge on any atom is 0.155 e. The van der Waals surface area contributed by atoms with E-state index in [-0.39, 0.29) is 5.60 Å². The largest absolute Gasteiger partial charge is 0.374 e. The molecule has 1 heterocycles. The fraction of sp³-hybridized carbons (Fsp3) is 0.857. The Labute approximate surface area is 140 Å². The molecular weight excluding hydrogens is 284 g/mol. The van der Waals surface area contributed by atoms with Gasteiger partial charge in [0.05, 0.1) is 12.2 Å². The molecule has 0 aromatic heterocycles. The van der Waals surface area contributed by atoms with Gasteiger partial charge in [0, 0.05) is 12.8 Å².